The predicted molar refractivity (Wildman–Crippen MR) is 154 cm³/mol. The molecule has 4 N–H and O–H groups in total. The molecule has 2 aromatic heterocycles. The molecule has 3 aromatic carbocycles. The molecule has 2 amide bonds. The van der Waals surface area contributed by atoms with Gasteiger partial charge in [0.25, 0.3) is 11.8 Å². The first-order chi connectivity index (χ1) is 17.2. The summed E-state index contributed by atoms with van der Waals surface area (Å²) < 4.78 is 2.40. The lowest BCUT2D eigenvalue weighted by Gasteiger charge is -2.18. The van der Waals surface area contributed by atoms with Crippen LogP contribution < -0.4 is 16.0 Å². The van der Waals surface area contributed by atoms with Gasteiger partial charge in [-0.05, 0) is 38.1 Å². The number of nitrogens with one attached hydrogen (secondary N) is 4. The smallest absolute Gasteiger partial charge is 0.259 e. The van der Waals surface area contributed by atoms with E-state index in [1.54, 1.807) is 0 Å². The van der Waals surface area contributed by atoms with Crippen molar-refractivity contribution in [2.75, 3.05) is 13.6 Å². The van der Waals surface area contributed by atoms with E-state index in [0.29, 0.717) is 17.2 Å². The van der Waals surface area contributed by atoms with Gasteiger partial charge in [-0.25, -0.2) is 0 Å². The lowest BCUT2D eigenvalue weighted by Crippen LogP contribution is -2.31. The molecule has 37 heavy (non-hydrogen) atoms. The van der Waals surface area contributed by atoms with Crippen LogP contribution in [0.3, 0.4) is 0 Å². The molecule has 7 nitrogen and oxygen atoms in total. The summed E-state index contributed by atoms with van der Waals surface area (Å²) in [5.74, 6) is -0.611. The molecule has 1 atom stereocenters. The SMILES string of the molecule is CNCCCCC1Cn2c3c(cccc3c3c4c(c5c6ccccc6[nH]c5c32)C(=O)NC4=O)CN1.Cl.Cl. The number of halogens is 2. The van der Waals surface area contributed by atoms with Gasteiger partial charge in [0.15, 0.2) is 0 Å². The van der Waals surface area contributed by atoms with Crippen LogP contribution in [0, 0.1) is 0 Å². The second-order valence-electron chi connectivity index (χ2n) is 9.78. The summed E-state index contributed by atoms with van der Waals surface area (Å²) in [5.41, 5.74) is 6.32. The molecule has 0 spiro atoms. The van der Waals surface area contributed by atoms with E-state index < -0.39 is 0 Å². The van der Waals surface area contributed by atoms with Gasteiger partial charge in [0, 0.05) is 46.2 Å². The van der Waals surface area contributed by atoms with E-state index in [-0.39, 0.29) is 36.6 Å². The number of hydrogen-bond acceptors (Lipinski definition) is 4. The number of nitrogens with zero attached hydrogens (tertiary/aromatic N) is 1. The lowest BCUT2D eigenvalue weighted by atomic mass is 9.96. The van der Waals surface area contributed by atoms with E-state index in [1.807, 2.05) is 31.3 Å². The zero-order valence-corrected chi connectivity index (χ0v) is 22.1. The Labute approximate surface area is 226 Å². The van der Waals surface area contributed by atoms with Crippen LogP contribution >= 0.6 is 24.8 Å². The Balaban J connectivity index is 0.00000140. The van der Waals surface area contributed by atoms with Crippen LogP contribution in [0.5, 0.6) is 0 Å². The molecule has 0 saturated carbocycles. The first-order valence-corrected chi connectivity index (χ1v) is 12.4. The summed E-state index contributed by atoms with van der Waals surface area (Å²) in [5, 5.41) is 13.3. The number of carbonyl (C=O) groups excluding carboxylic acids is 2. The summed E-state index contributed by atoms with van der Waals surface area (Å²) >= 11 is 0. The van der Waals surface area contributed by atoms with Crippen LogP contribution in [-0.4, -0.2) is 41.0 Å². The minimum Gasteiger partial charge on any atom is -0.353 e. The third-order valence-corrected chi connectivity index (χ3v) is 7.75. The summed E-state index contributed by atoms with van der Waals surface area (Å²) in [6.07, 6.45) is 3.37. The van der Waals surface area contributed by atoms with Crippen molar-refractivity contribution in [1.29, 1.82) is 0 Å². The number of hydrogen-bond donors (Lipinski definition) is 4. The van der Waals surface area contributed by atoms with Crippen LogP contribution in [0.25, 0.3) is 43.6 Å². The number of amides is 2. The molecular formula is C28H29Cl2N5O2. The number of aromatic amines is 1. The molecule has 9 heteroatoms. The highest BCUT2D eigenvalue weighted by molar-refractivity contribution is 6.39. The fourth-order valence-corrected chi connectivity index (χ4v) is 6.26. The van der Waals surface area contributed by atoms with Gasteiger partial charge in [-0.15, -0.1) is 24.8 Å². The first-order valence-electron chi connectivity index (χ1n) is 12.4. The number of fused-ring (bicyclic) bond motifs is 10. The molecule has 0 saturated heterocycles. The number of carbonyl (C=O) groups is 2. The van der Waals surface area contributed by atoms with Crippen molar-refractivity contribution in [2.45, 2.75) is 38.4 Å². The molecule has 7 rings (SSSR count). The Morgan fingerprint density at radius 2 is 1.68 bits per heavy atom. The molecule has 0 fully saturated rings. The molecule has 1 unspecified atom stereocenters. The van der Waals surface area contributed by atoms with Crippen molar-refractivity contribution in [3.63, 3.8) is 0 Å². The lowest BCUT2D eigenvalue weighted by molar-refractivity contribution is 0.0880. The van der Waals surface area contributed by atoms with E-state index in [0.717, 1.165) is 82.5 Å². The zero-order chi connectivity index (χ0) is 23.7. The maximum Gasteiger partial charge on any atom is 0.259 e. The number of H-pyrrole nitrogens is 1. The average Bonchev–Trinajstić information content (AvgIpc) is 3.44. The molecule has 0 bridgehead atoms. The molecule has 5 aromatic rings. The highest BCUT2D eigenvalue weighted by Crippen LogP contribution is 2.44. The molecule has 4 heterocycles. The van der Waals surface area contributed by atoms with Gasteiger partial charge in [-0.3, -0.25) is 14.9 Å². The van der Waals surface area contributed by atoms with Gasteiger partial charge >= 0.3 is 0 Å². The maximum atomic E-state index is 13.2. The molecule has 0 radical (unpaired) electrons. The number of benzene rings is 3. The molecular weight excluding hydrogens is 509 g/mol. The molecule has 0 aliphatic carbocycles. The Hall–Kier alpha value is -3.10. The Bertz CT molecular complexity index is 1700. The van der Waals surface area contributed by atoms with Gasteiger partial charge in [0.05, 0.1) is 27.7 Å². The number of para-hydroxylation sites is 2. The van der Waals surface area contributed by atoms with E-state index in [1.165, 1.54) is 5.56 Å². The number of aromatic nitrogens is 2. The summed E-state index contributed by atoms with van der Waals surface area (Å²) in [6.45, 7) is 2.62. The minimum atomic E-state index is -0.310. The van der Waals surface area contributed by atoms with E-state index in [9.17, 15) is 9.59 Å². The van der Waals surface area contributed by atoms with Crippen molar-refractivity contribution in [3.8, 4) is 0 Å². The second kappa shape index (κ2) is 9.65. The van der Waals surface area contributed by atoms with Crippen LogP contribution in [0.15, 0.2) is 42.5 Å². The van der Waals surface area contributed by atoms with E-state index >= 15 is 0 Å². The van der Waals surface area contributed by atoms with Crippen molar-refractivity contribution in [2.24, 2.45) is 0 Å². The van der Waals surface area contributed by atoms with Gasteiger partial charge in [0.2, 0.25) is 0 Å². The maximum absolute atomic E-state index is 13.2. The monoisotopic (exact) mass is 537 g/mol. The van der Waals surface area contributed by atoms with Crippen LogP contribution in [-0.2, 0) is 13.1 Å². The second-order valence-corrected chi connectivity index (χ2v) is 9.78. The third-order valence-electron chi connectivity index (χ3n) is 7.75. The van der Waals surface area contributed by atoms with Crippen molar-refractivity contribution >= 4 is 80.2 Å². The van der Waals surface area contributed by atoms with Crippen molar-refractivity contribution in [3.05, 3.63) is 59.2 Å². The first kappa shape index (κ1) is 25.5. The minimum absolute atomic E-state index is 0. The van der Waals surface area contributed by atoms with Crippen LogP contribution in [0.2, 0.25) is 0 Å². The topological polar surface area (TPSA) is 91.0 Å². The quantitative estimate of drug-likeness (QED) is 0.187. The fourth-order valence-electron chi connectivity index (χ4n) is 6.26. The molecule has 192 valence electrons. The van der Waals surface area contributed by atoms with Gasteiger partial charge < -0.3 is 20.2 Å². The largest absolute Gasteiger partial charge is 0.353 e. The standard InChI is InChI=1S/C28H27N5O2.2ClH/c1-29-12-5-4-8-16-14-33-25-15(13-30-16)7-6-10-18(25)21-23-22(27(34)32-28(23)35)20-17-9-2-3-11-19(17)31-24(20)26(21)33;;/h2-3,6-7,9-11,16,29-31H,4-5,8,12-14H2,1H3,(H,32,34,35);2*1H. The van der Waals surface area contributed by atoms with E-state index in [2.05, 4.69) is 43.7 Å². The predicted octanol–water partition coefficient (Wildman–Crippen LogP) is 5.02. The fraction of sp³-hybridized carbons (Fsp3) is 0.286. The summed E-state index contributed by atoms with van der Waals surface area (Å²) in [7, 11) is 1.99. The Kier molecular flexibility index (Phi) is 6.66. The highest BCUT2D eigenvalue weighted by Gasteiger charge is 2.36. The Morgan fingerprint density at radius 1 is 0.919 bits per heavy atom. The number of imide groups is 1. The van der Waals surface area contributed by atoms with E-state index in [4.69, 9.17) is 0 Å². The van der Waals surface area contributed by atoms with Crippen LogP contribution in [0.1, 0.15) is 45.5 Å². The molecule has 2 aliphatic rings. The Morgan fingerprint density at radius 3 is 2.49 bits per heavy atom. The molecule has 2 aliphatic heterocycles. The number of rotatable bonds is 5. The van der Waals surface area contributed by atoms with Crippen LogP contribution in [0.4, 0.5) is 0 Å². The summed E-state index contributed by atoms with van der Waals surface area (Å²) in [4.78, 5) is 29.9. The van der Waals surface area contributed by atoms with Gasteiger partial charge in [-0.2, -0.15) is 0 Å². The normalized spacial score (nSPS) is 16.6. The highest BCUT2D eigenvalue weighted by atomic mass is 35.5. The summed E-state index contributed by atoms with van der Waals surface area (Å²) in [6, 6.07) is 14.7. The number of unbranched alkanes of at least 4 members (excludes halogenated alkanes) is 1. The average molecular weight is 538 g/mol. The van der Waals surface area contributed by atoms with Crippen molar-refractivity contribution < 1.29 is 9.59 Å². The third kappa shape index (κ3) is 3.64. The van der Waals surface area contributed by atoms with Gasteiger partial charge in [-0.1, -0.05) is 42.8 Å². The van der Waals surface area contributed by atoms with Gasteiger partial charge in [0.1, 0.15) is 0 Å². The zero-order valence-electron chi connectivity index (χ0n) is 20.4. The van der Waals surface area contributed by atoms with Crippen molar-refractivity contribution in [1.82, 2.24) is 25.5 Å².